The van der Waals surface area contributed by atoms with Gasteiger partial charge in [0.05, 0.1) is 7.11 Å². The molecule has 1 aliphatic rings. The van der Waals surface area contributed by atoms with E-state index in [1.165, 1.54) is 11.1 Å². The Morgan fingerprint density at radius 1 is 1.09 bits per heavy atom. The molecule has 23 heavy (non-hydrogen) atoms. The van der Waals surface area contributed by atoms with Crippen LogP contribution in [0.3, 0.4) is 0 Å². The van der Waals surface area contributed by atoms with Crippen molar-refractivity contribution in [2.75, 3.05) is 12.5 Å². The summed E-state index contributed by atoms with van der Waals surface area (Å²) in [6.45, 7) is 0. The fourth-order valence-corrected chi connectivity index (χ4v) is 3.58. The fraction of sp³-hybridized carbons (Fsp3) is 0.176. The molecule has 0 spiro atoms. The van der Waals surface area contributed by atoms with E-state index >= 15 is 0 Å². The van der Waals surface area contributed by atoms with Crippen molar-refractivity contribution in [1.29, 1.82) is 0 Å². The summed E-state index contributed by atoms with van der Waals surface area (Å²) in [5.41, 5.74) is 5.88. The first-order chi connectivity index (χ1) is 11.3. The molecule has 1 unspecified atom stereocenters. The number of nitrogens with one attached hydrogen (secondary N) is 1. The third kappa shape index (κ3) is 2.77. The topological polar surface area (TPSA) is 52.0 Å². The van der Waals surface area contributed by atoms with Crippen molar-refractivity contribution >= 4 is 11.8 Å². The third-order valence-electron chi connectivity index (χ3n) is 3.79. The molecule has 4 rings (SSSR count). The van der Waals surface area contributed by atoms with Gasteiger partial charge in [-0.25, -0.2) is 4.68 Å². The van der Waals surface area contributed by atoms with Crippen LogP contribution in [0.2, 0.25) is 0 Å². The SMILES string of the molecule is COc1ccc(C2Nn3c(Cc4ccccc4)nnc3S2)cc1. The molecule has 1 aliphatic heterocycles. The molecular formula is C17H16N4OS. The smallest absolute Gasteiger partial charge is 0.212 e. The van der Waals surface area contributed by atoms with Gasteiger partial charge in [-0.05, 0) is 23.3 Å². The van der Waals surface area contributed by atoms with Gasteiger partial charge in [0.1, 0.15) is 11.1 Å². The van der Waals surface area contributed by atoms with Crippen molar-refractivity contribution in [3.05, 3.63) is 71.5 Å². The zero-order valence-corrected chi connectivity index (χ0v) is 13.5. The summed E-state index contributed by atoms with van der Waals surface area (Å²) >= 11 is 1.67. The Hall–Kier alpha value is -2.47. The summed E-state index contributed by atoms with van der Waals surface area (Å²) in [6.07, 6.45) is 0.761. The zero-order chi connectivity index (χ0) is 15.6. The number of nitrogens with zero attached hydrogens (tertiary/aromatic N) is 3. The van der Waals surface area contributed by atoms with Crippen LogP contribution in [0, 0.1) is 0 Å². The molecule has 5 nitrogen and oxygen atoms in total. The van der Waals surface area contributed by atoms with E-state index in [-0.39, 0.29) is 5.37 Å². The molecule has 1 N–H and O–H groups in total. The van der Waals surface area contributed by atoms with E-state index in [0.717, 1.165) is 23.2 Å². The summed E-state index contributed by atoms with van der Waals surface area (Å²) in [5.74, 6) is 1.79. The van der Waals surface area contributed by atoms with E-state index in [9.17, 15) is 0 Å². The molecule has 0 amide bonds. The molecule has 3 aromatic rings. The van der Waals surface area contributed by atoms with Gasteiger partial charge in [0, 0.05) is 6.42 Å². The number of thioether (sulfide) groups is 1. The van der Waals surface area contributed by atoms with Gasteiger partial charge in [-0.1, -0.05) is 54.2 Å². The van der Waals surface area contributed by atoms with E-state index < -0.39 is 0 Å². The zero-order valence-electron chi connectivity index (χ0n) is 12.6. The van der Waals surface area contributed by atoms with Crippen LogP contribution in [-0.2, 0) is 6.42 Å². The normalized spacial score (nSPS) is 16.0. The monoisotopic (exact) mass is 324 g/mol. The molecule has 0 aliphatic carbocycles. The highest BCUT2D eigenvalue weighted by molar-refractivity contribution is 7.99. The van der Waals surface area contributed by atoms with Gasteiger partial charge >= 0.3 is 0 Å². The molecule has 1 atom stereocenters. The maximum atomic E-state index is 5.21. The Morgan fingerprint density at radius 3 is 2.61 bits per heavy atom. The summed E-state index contributed by atoms with van der Waals surface area (Å²) in [4.78, 5) is 0. The average Bonchev–Trinajstić information content (AvgIpc) is 3.18. The van der Waals surface area contributed by atoms with Crippen LogP contribution in [0.5, 0.6) is 5.75 Å². The molecular weight excluding hydrogens is 308 g/mol. The lowest BCUT2D eigenvalue weighted by Crippen LogP contribution is -2.15. The van der Waals surface area contributed by atoms with Crippen molar-refractivity contribution in [2.45, 2.75) is 17.0 Å². The van der Waals surface area contributed by atoms with Gasteiger partial charge in [-0.15, -0.1) is 10.2 Å². The highest BCUT2D eigenvalue weighted by Crippen LogP contribution is 2.39. The van der Waals surface area contributed by atoms with Crippen LogP contribution < -0.4 is 10.2 Å². The summed E-state index contributed by atoms with van der Waals surface area (Å²) in [6, 6.07) is 18.4. The maximum Gasteiger partial charge on any atom is 0.212 e. The molecule has 2 aromatic carbocycles. The van der Waals surface area contributed by atoms with Crippen LogP contribution in [0.4, 0.5) is 0 Å². The Labute approximate surface area is 138 Å². The number of hydrogen-bond acceptors (Lipinski definition) is 5. The lowest BCUT2D eigenvalue weighted by Gasteiger charge is -2.12. The average molecular weight is 324 g/mol. The fourth-order valence-electron chi connectivity index (χ4n) is 2.57. The molecule has 0 saturated heterocycles. The Bertz CT molecular complexity index is 801. The van der Waals surface area contributed by atoms with Crippen molar-refractivity contribution in [1.82, 2.24) is 14.9 Å². The number of ether oxygens (including phenoxy) is 1. The van der Waals surface area contributed by atoms with Crippen LogP contribution in [-0.4, -0.2) is 22.0 Å². The second-order valence-corrected chi connectivity index (χ2v) is 6.37. The van der Waals surface area contributed by atoms with E-state index in [1.807, 2.05) is 35.0 Å². The number of methoxy groups -OCH3 is 1. The Kier molecular flexibility index (Phi) is 3.67. The largest absolute Gasteiger partial charge is 0.497 e. The van der Waals surface area contributed by atoms with Crippen molar-refractivity contribution in [3.63, 3.8) is 0 Å². The van der Waals surface area contributed by atoms with Crippen LogP contribution in [0.15, 0.2) is 59.8 Å². The minimum absolute atomic E-state index is 0.140. The minimum Gasteiger partial charge on any atom is -0.497 e. The molecule has 0 radical (unpaired) electrons. The molecule has 0 bridgehead atoms. The standard InChI is InChI=1S/C17H16N4OS/c1-22-14-9-7-13(8-10-14)16-20-21-15(18-19-17(21)23-16)11-12-5-3-2-4-6-12/h2-10,16,20H,11H2,1H3. The number of aromatic nitrogens is 3. The van der Waals surface area contributed by atoms with Gasteiger partial charge in [0.15, 0.2) is 5.82 Å². The van der Waals surface area contributed by atoms with Gasteiger partial charge in [0.25, 0.3) is 0 Å². The summed E-state index contributed by atoms with van der Waals surface area (Å²) in [5, 5.41) is 9.63. The first kappa shape index (κ1) is 14.1. The molecule has 0 fully saturated rings. The van der Waals surface area contributed by atoms with E-state index in [2.05, 4.69) is 39.9 Å². The second kappa shape index (κ2) is 5.96. The lowest BCUT2D eigenvalue weighted by molar-refractivity contribution is 0.414. The van der Waals surface area contributed by atoms with Crippen molar-refractivity contribution in [2.24, 2.45) is 0 Å². The van der Waals surface area contributed by atoms with E-state index in [1.54, 1.807) is 18.9 Å². The molecule has 0 saturated carbocycles. The number of rotatable bonds is 4. The lowest BCUT2D eigenvalue weighted by atomic mass is 10.1. The molecule has 6 heteroatoms. The van der Waals surface area contributed by atoms with Gasteiger partial charge in [0.2, 0.25) is 5.16 Å². The summed E-state index contributed by atoms with van der Waals surface area (Å²) < 4.78 is 7.20. The van der Waals surface area contributed by atoms with Gasteiger partial charge in [-0.3, -0.25) is 0 Å². The van der Waals surface area contributed by atoms with Crippen LogP contribution >= 0.6 is 11.8 Å². The Balaban J connectivity index is 1.53. The number of fused-ring (bicyclic) bond motifs is 1. The van der Waals surface area contributed by atoms with Crippen LogP contribution in [0.25, 0.3) is 0 Å². The van der Waals surface area contributed by atoms with E-state index in [0.29, 0.717) is 0 Å². The quantitative estimate of drug-likeness (QED) is 0.798. The second-order valence-electron chi connectivity index (χ2n) is 5.30. The minimum atomic E-state index is 0.140. The highest BCUT2D eigenvalue weighted by atomic mass is 32.2. The summed E-state index contributed by atoms with van der Waals surface area (Å²) in [7, 11) is 1.68. The van der Waals surface area contributed by atoms with E-state index in [4.69, 9.17) is 4.74 Å². The number of hydrogen-bond donors (Lipinski definition) is 1. The molecule has 2 heterocycles. The first-order valence-electron chi connectivity index (χ1n) is 7.39. The van der Waals surface area contributed by atoms with Crippen LogP contribution in [0.1, 0.15) is 22.3 Å². The van der Waals surface area contributed by atoms with Gasteiger partial charge < -0.3 is 10.2 Å². The van der Waals surface area contributed by atoms with Crippen molar-refractivity contribution < 1.29 is 4.74 Å². The predicted molar refractivity (Wildman–Crippen MR) is 90.2 cm³/mol. The number of benzene rings is 2. The molecule has 1 aromatic heterocycles. The third-order valence-corrected chi connectivity index (χ3v) is 4.88. The highest BCUT2D eigenvalue weighted by Gasteiger charge is 2.27. The Morgan fingerprint density at radius 2 is 1.87 bits per heavy atom. The first-order valence-corrected chi connectivity index (χ1v) is 8.27. The molecule has 116 valence electrons. The maximum absolute atomic E-state index is 5.21. The van der Waals surface area contributed by atoms with Gasteiger partial charge in [-0.2, -0.15) is 0 Å². The predicted octanol–water partition coefficient (Wildman–Crippen LogP) is 3.23. The van der Waals surface area contributed by atoms with Crippen molar-refractivity contribution in [3.8, 4) is 5.75 Å².